The zero-order valence-corrected chi connectivity index (χ0v) is 12.9. The van der Waals surface area contributed by atoms with Gasteiger partial charge in [-0.25, -0.2) is 0 Å². The van der Waals surface area contributed by atoms with E-state index >= 15 is 0 Å². The summed E-state index contributed by atoms with van der Waals surface area (Å²) >= 11 is 0. The molecule has 1 fully saturated rings. The van der Waals surface area contributed by atoms with Crippen molar-refractivity contribution in [2.75, 3.05) is 26.2 Å². The number of benzene rings is 2. The Morgan fingerprint density at radius 2 is 1.95 bits per heavy atom. The zero-order chi connectivity index (χ0) is 14.7. The summed E-state index contributed by atoms with van der Waals surface area (Å²) in [5, 5.41) is 6.00. The number of nitrogens with one attached hydrogen (secondary N) is 1. The molecule has 3 rings (SSSR count). The van der Waals surface area contributed by atoms with Gasteiger partial charge in [-0.1, -0.05) is 30.3 Å². The first-order valence-electron chi connectivity index (χ1n) is 7.81. The highest BCUT2D eigenvalue weighted by atomic mass is 16.5. The quantitative estimate of drug-likeness (QED) is 0.934. The monoisotopic (exact) mass is 284 g/mol. The minimum atomic E-state index is 0.571. The van der Waals surface area contributed by atoms with Gasteiger partial charge in [-0.15, -0.1) is 0 Å². The third kappa shape index (κ3) is 3.55. The molecular formula is C18H24N2O. The Labute approximate surface area is 126 Å². The van der Waals surface area contributed by atoms with E-state index in [9.17, 15) is 0 Å². The molecule has 2 atom stereocenters. The van der Waals surface area contributed by atoms with Gasteiger partial charge in [-0.2, -0.15) is 0 Å². The Hall–Kier alpha value is -1.58. The Morgan fingerprint density at radius 3 is 2.81 bits per heavy atom. The molecule has 0 bridgehead atoms. The fourth-order valence-corrected chi connectivity index (χ4v) is 2.95. The van der Waals surface area contributed by atoms with E-state index in [0.29, 0.717) is 12.1 Å². The van der Waals surface area contributed by atoms with Gasteiger partial charge in [-0.3, -0.25) is 4.90 Å². The maximum atomic E-state index is 5.94. The van der Waals surface area contributed by atoms with Crippen LogP contribution in [0, 0.1) is 0 Å². The smallest absolute Gasteiger partial charge is 0.120 e. The largest absolute Gasteiger partial charge is 0.492 e. The second kappa shape index (κ2) is 6.46. The molecule has 3 nitrogen and oxygen atoms in total. The van der Waals surface area contributed by atoms with Crippen molar-refractivity contribution in [3.63, 3.8) is 0 Å². The van der Waals surface area contributed by atoms with E-state index in [1.54, 1.807) is 0 Å². The van der Waals surface area contributed by atoms with Gasteiger partial charge in [0.1, 0.15) is 12.4 Å². The molecule has 1 saturated heterocycles. The number of rotatable bonds is 4. The molecule has 1 N–H and O–H groups in total. The first kappa shape index (κ1) is 14.4. The van der Waals surface area contributed by atoms with E-state index in [1.807, 2.05) is 0 Å². The van der Waals surface area contributed by atoms with Crippen molar-refractivity contribution in [3.05, 3.63) is 42.5 Å². The van der Waals surface area contributed by atoms with Crippen LogP contribution in [0.5, 0.6) is 5.75 Å². The third-order valence-electron chi connectivity index (χ3n) is 4.26. The Balaban J connectivity index is 1.56. The van der Waals surface area contributed by atoms with Crippen molar-refractivity contribution in [1.82, 2.24) is 10.2 Å². The lowest BCUT2D eigenvalue weighted by Gasteiger charge is -2.37. The van der Waals surface area contributed by atoms with Gasteiger partial charge in [0.05, 0.1) is 0 Å². The number of fused-ring (bicyclic) bond motifs is 1. The fraction of sp³-hybridized carbons (Fsp3) is 0.444. The van der Waals surface area contributed by atoms with Crippen LogP contribution in [0.25, 0.3) is 10.8 Å². The molecule has 0 amide bonds. The molecule has 1 aliphatic heterocycles. The Morgan fingerprint density at radius 1 is 1.14 bits per heavy atom. The van der Waals surface area contributed by atoms with E-state index in [2.05, 4.69) is 66.5 Å². The maximum Gasteiger partial charge on any atom is 0.120 e. The maximum absolute atomic E-state index is 5.94. The third-order valence-corrected chi connectivity index (χ3v) is 4.26. The minimum absolute atomic E-state index is 0.571. The van der Waals surface area contributed by atoms with Crippen LogP contribution in [-0.4, -0.2) is 43.2 Å². The van der Waals surface area contributed by atoms with E-state index in [-0.39, 0.29) is 0 Å². The summed E-state index contributed by atoms with van der Waals surface area (Å²) < 4.78 is 5.94. The van der Waals surface area contributed by atoms with Crippen LogP contribution in [0.2, 0.25) is 0 Å². The predicted octanol–water partition coefficient (Wildman–Crippen LogP) is 2.90. The zero-order valence-electron chi connectivity index (χ0n) is 12.9. The average molecular weight is 284 g/mol. The molecule has 3 heteroatoms. The number of hydrogen-bond donors (Lipinski definition) is 1. The first-order chi connectivity index (χ1) is 10.2. The van der Waals surface area contributed by atoms with Gasteiger partial charge in [0.25, 0.3) is 0 Å². The molecule has 2 aromatic rings. The van der Waals surface area contributed by atoms with Crippen molar-refractivity contribution < 1.29 is 4.74 Å². The molecule has 112 valence electrons. The predicted molar refractivity (Wildman–Crippen MR) is 87.9 cm³/mol. The summed E-state index contributed by atoms with van der Waals surface area (Å²) in [6, 6.07) is 15.9. The molecule has 0 saturated carbocycles. The van der Waals surface area contributed by atoms with Crippen LogP contribution in [0.1, 0.15) is 13.8 Å². The number of piperazine rings is 1. The van der Waals surface area contributed by atoms with E-state index in [4.69, 9.17) is 4.74 Å². The second-order valence-corrected chi connectivity index (χ2v) is 6.01. The molecule has 1 aliphatic rings. The molecule has 0 spiro atoms. The topological polar surface area (TPSA) is 24.5 Å². The van der Waals surface area contributed by atoms with Crippen molar-refractivity contribution in [3.8, 4) is 5.75 Å². The highest BCUT2D eigenvalue weighted by molar-refractivity contribution is 5.83. The summed E-state index contributed by atoms with van der Waals surface area (Å²) in [5.74, 6) is 0.963. The van der Waals surface area contributed by atoms with Crippen molar-refractivity contribution in [2.45, 2.75) is 25.9 Å². The second-order valence-electron chi connectivity index (χ2n) is 6.01. The van der Waals surface area contributed by atoms with Crippen molar-refractivity contribution in [1.29, 1.82) is 0 Å². The van der Waals surface area contributed by atoms with Crippen LogP contribution in [0.3, 0.4) is 0 Å². The van der Waals surface area contributed by atoms with Crippen LogP contribution in [0.15, 0.2) is 42.5 Å². The summed E-state index contributed by atoms with van der Waals surface area (Å²) in [4.78, 5) is 2.50. The van der Waals surface area contributed by atoms with E-state index in [1.165, 1.54) is 10.8 Å². The van der Waals surface area contributed by atoms with Gasteiger partial charge in [0.15, 0.2) is 0 Å². The highest BCUT2D eigenvalue weighted by Crippen LogP contribution is 2.20. The fourth-order valence-electron chi connectivity index (χ4n) is 2.95. The van der Waals surface area contributed by atoms with Gasteiger partial charge in [0.2, 0.25) is 0 Å². The summed E-state index contributed by atoms with van der Waals surface area (Å²) in [6.07, 6.45) is 0. The summed E-state index contributed by atoms with van der Waals surface area (Å²) in [5.41, 5.74) is 0. The Kier molecular flexibility index (Phi) is 4.42. The minimum Gasteiger partial charge on any atom is -0.492 e. The van der Waals surface area contributed by atoms with Crippen LogP contribution in [-0.2, 0) is 0 Å². The van der Waals surface area contributed by atoms with Gasteiger partial charge < -0.3 is 10.1 Å². The molecule has 0 aromatic heterocycles. The van der Waals surface area contributed by atoms with Gasteiger partial charge in [-0.05, 0) is 36.8 Å². The lowest BCUT2D eigenvalue weighted by atomic mass is 10.1. The van der Waals surface area contributed by atoms with Crippen LogP contribution >= 0.6 is 0 Å². The Bertz CT molecular complexity index is 599. The first-order valence-corrected chi connectivity index (χ1v) is 7.81. The molecule has 2 aromatic carbocycles. The molecule has 21 heavy (non-hydrogen) atoms. The standard InChI is InChI=1S/C18H24N2O/c1-14-13-20(15(2)12-19-14)9-10-21-18-8-7-16-5-3-4-6-17(16)11-18/h3-8,11,14-15,19H,9-10,12-13H2,1-2H3. The van der Waals surface area contributed by atoms with Crippen molar-refractivity contribution in [2.24, 2.45) is 0 Å². The van der Waals surface area contributed by atoms with E-state index < -0.39 is 0 Å². The van der Waals surface area contributed by atoms with Crippen LogP contribution in [0.4, 0.5) is 0 Å². The van der Waals surface area contributed by atoms with E-state index in [0.717, 1.165) is 32.0 Å². The molecule has 1 heterocycles. The summed E-state index contributed by atoms with van der Waals surface area (Å²) in [7, 11) is 0. The van der Waals surface area contributed by atoms with Crippen molar-refractivity contribution >= 4 is 10.8 Å². The van der Waals surface area contributed by atoms with Gasteiger partial charge >= 0.3 is 0 Å². The highest BCUT2D eigenvalue weighted by Gasteiger charge is 2.21. The SMILES string of the molecule is CC1CN(CCOc2ccc3ccccc3c2)C(C)CN1. The lowest BCUT2D eigenvalue weighted by molar-refractivity contribution is 0.123. The molecular weight excluding hydrogens is 260 g/mol. The number of hydrogen-bond acceptors (Lipinski definition) is 3. The molecule has 0 radical (unpaired) electrons. The van der Waals surface area contributed by atoms with Gasteiger partial charge in [0, 0.05) is 31.7 Å². The average Bonchev–Trinajstić information content (AvgIpc) is 2.50. The molecule has 0 aliphatic carbocycles. The number of nitrogens with zero attached hydrogens (tertiary/aromatic N) is 1. The lowest BCUT2D eigenvalue weighted by Crippen LogP contribution is -2.55. The summed E-state index contributed by atoms with van der Waals surface area (Å²) in [6.45, 7) is 8.41. The number of ether oxygens (including phenoxy) is 1. The molecule has 2 unspecified atom stereocenters. The van der Waals surface area contributed by atoms with Crippen LogP contribution < -0.4 is 10.1 Å². The normalized spacial score (nSPS) is 23.3.